The number of hydrogen-bond donors (Lipinski definition) is 3. The van der Waals surface area contributed by atoms with Gasteiger partial charge >= 0.3 is 0 Å². The van der Waals surface area contributed by atoms with Crippen molar-refractivity contribution >= 4 is 23.0 Å². The van der Waals surface area contributed by atoms with Crippen molar-refractivity contribution in [3.05, 3.63) is 23.2 Å². The van der Waals surface area contributed by atoms with Gasteiger partial charge in [-0.25, -0.2) is 0 Å². The number of aliphatic hydroxyl groups excluding tert-OH is 1. The molecule has 0 amide bonds. The first-order valence-corrected chi connectivity index (χ1v) is 4.94. The first-order valence-electron chi connectivity index (χ1n) is 4.56. The maximum absolute atomic E-state index is 9.06. The predicted molar refractivity (Wildman–Crippen MR) is 60.7 cm³/mol. The van der Waals surface area contributed by atoms with Gasteiger partial charge in [0.1, 0.15) is 0 Å². The third-order valence-electron chi connectivity index (χ3n) is 1.89. The molecule has 0 aliphatic carbocycles. The lowest BCUT2D eigenvalue weighted by Crippen LogP contribution is -2.10. The van der Waals surface area contributed by atoms with Crippen LogP contribution in [0.15, 0.2) is 18.2 Å². The average Bonchev–Trinajstić information content (AvgIpc) is 2.10. The Bertz CT molecular complexity index is 302. The number of aliphatic hydroxyl groups is 1. The lowest BCUT2D eigenvalue weighted by Gasteiger charge is -2.10. The number of rotatable bonds is 4. The van der Waals surface area contributed by atoms with Crippen LogP contribution in [-0.2, 0) is 0 Å². The highest BCUT2D eigenvalue weighted by atomic mass is 35.5. The summed E-state index contributed by atoms with van der Waals surface area (Å²) in [6.45, 7) is 2.44. The van der Waals surface area contributed by atoms with Gasteiger partial charge in [0, 0.05) is 11.6 Å². The van der Waals surface area contributed by atoms with Crippen molar-refractivity contribution in [3.8, 4) is 0 Å². The molecule has 1 aromatic carbocycles. The quantitative estimate of drug-likeness (QED) is 0.673. The van der Waals surface area contributed by atoms with Crippen LogP contribution in [0.4, 0.5) is 11.4 Å². The molecule has 0 radical (unpaired) electrons. The van der Waals surface area contributed by atoms with Gasteiger partial charge in [-0.3, -0.25) is 0 Å². The van der Waals surface area contributed by atoms with Crippen LogP contribution in [0.3, 0.4) is 0 Å². The topological polar surface area (TPSA) is 58.3 Å². The summed E-state index contributed by atoms with van der Waals surface area (Å²) in [4.78, 5) is 0. The van der Waals surface area contributed by atoms with Crippen LogP contribution in [0.1, 0.15) is 13.3 Å². The molecule has 78 valence electrons. The van der Waals surface area contributed by atoms with E-state index in [9.17, 15) is 0 Å². The van der Waals surface area contributed by atoms with Gasteiger partial charge in [0.15, 0.2) is 0 Å². The van der Waals surface area contributed by atoms with Crippen LogP contribution in [0.2, 0.25) is 5.02 Å². The molecule has 14 heavy (non-hydrogen) atoms. The lowest BCUT2D eigenvalue weighted by atomic mass is 10.2. The van der Waals surface area contributed by atoms with E-state index in [-0.39, 0.29) is 6.10 Å². The van der Waals surface area contributed by atoms with E-state index in [2.05, 4.69) is 5.32 Å². The monoisotopic (exact) mass is 214 g/mol. The van der Waals surface area contributed by atoms with Gasteiger partial charge in [0.05, 0.1) is 17.5 Å². The predicted octanol–water partition coefficient (Wildman–Crippen LogP) is 2.10. The molecule has 1 unspecified atom stereocenters. The minimum atomic E-state index is -0.303. The molecule has 0 bridgehead atoms. The van der Waals surface area contributed by atoms with E-state index in [1.165, 1.54) is 0 Å². The minimum absolute atomic E-state index is 0.303. The number of nitrogens with one attached hydrogen (secondary N) is 1. The second kappa shape index (κ2) is 5.08. The maximum atomic E-state index is 9.06. The zero-order valence-corrected chi connectivity index (χ0v) is 8.88. The van der Waals surface area contributed by atoms with Crippen molar-refractivity contribution < 1.29 is 5.11 Å². The summed E-state index contributed by atoms with van der Waals surface area (Å²) in [6, 6.07) is 5.28. The Balaban J connectivity index is 2.53. The van der Waals surface area contributed by atoms with Gasteiger partial charge in [-0.15, -0.1) is 0 Å². The Morgan fingerprint density at radius 2 is 2.29 bits per heavy atom. The second-order valence-corrected chi connectivity index (χ2v) is 3.73. The zero-order valence-electron chi connectivity index (χ0n) is 8.13. The molecule has 1 atom stereocenters. The molecule has 0 spiro atoms. The molecule has 1 aromatic rings. The summed E-state index contributed by atoms with van der Waals surface area (Å²) in [5, 5.41) is 12.8. The molecule has 0 saturated carbocycles. The standard InChI is InChI=1S/C10H15ClN2O/c1-7(14)4-5-13-10-6-8(11)2-3-9(10)12/h2-3,6-7,13-14H,4-5,12H2,1H3. The summed E-state index contributed by atoms with van der Waals surface area (Å²) >= 11 is 5.81. The normalized spacial score (nSPS) is 12.5. The van der Waals surface area contributed by atoms with Gasteiger partial charge in [-0.1, -0.05) is 11.6 Å². The summed E-state index contributed by atoms with van der Waals surface area (Å²) in [5.41, 5.74) is 7.21. The van der Waals surface area contributed by atoms with Crippen molar-refractivity contribution in [3.63, 3.8) is 0 Å². The number of nitrogens with two attached hydrogens (primary N) is 1. The van der Waals surface area contributed by atoms with E-state index in [4.69, 9.17) is 22.4 Å². The van der Waals surface area contributed by atoms with Crippen LogP contribution in [0.5, 0.6) is 0 Å². The third-order valence-corrected chi connectivity index (χ3v) is 2.13. The molecule has 3 nitrogen and oxygen atoms in total. The highest BCUT2D eigenvalue weighted by molar-refractivity contribution is 6.31. The van der Waals surface area contributed by atoms with E-state index in [0.717, 1.165) is 5.69 Å². The van der Waals surface area contributed by atoms with Crippen LogP contribution in [0.25, 0.3) is 0 Å². The third kappa shape index (κ3) is 3.44. The lowest BCUT2D eigenvalue weighted by molar-refractivity contribution is 0.189. The molecule has 0 saturated heterocycles. The Labute approximate surface area is 88.9 Å². The molecule has 0 aromatic heterocycles. The average molecular weight is 215 g/mol. The van der Waals surface area contributed by atoms with E-state index < -0.39 is 0 Å². The number of hydrogen-bond acceptors (Lipinski definition) is 3. The van der Waals surface area contributed by atoms with Gasteiger partial charge in [0.25, 0.3) is 0 Å². The fourth-order valence-corrected chi connectivity index (χ4v) is 1.27. The van der Waals surface area contributed by atoms with E-state index in [1.54, 1.807) is 25.1 Å². The van der Waals surface area contributed by atoms with E-state index >= 15 is 0 Å². The fourth-order valence-electron chi connectivity index (χ4n) is 1.10. The minimum Gasteiger partial charge on any atom is -0.397 e. The largest absolute Gasteiger partial charge is 0.397 e. The summed E-state index contributed by atoms with van der Waals surface area (Å²) in [7, 11) is 0. The molecule has 4 heteroatoms. The van der Waals surface area contributed by atoms with Crippen molar-refractivity contribution in [2.24, 2.45) is 0 Å². The van der Waals surface area contributed by atoms with E-state index in [0.29, 0.717) is 23.7 Å². The number of anilines is 2. The number of benzene rings is 1. The highest BCUT2D eigenvalue weighted by Gasteiger charge is 2.00. The molecule has 0 aliphatic rings. The molecular formula is C10H15ClN2O. The first-order chi connectivity index (χ1) is 6.59. The molecule has 0 aliphatic heterocycles. The zero-order chi connectivity index (χ0) is 10.6. The fraction of sp³-hybridized carbons (Fsp3) is 0.400. The van der Waals surface area contributed by atoms with Crippen LogP contribution < -0.4 is 11.1 Å². The Hall–Kier alpha value is -0.930. The van der Waals surface area contributed by atoms with Gasteiger partial charge < -0.3 is 16.2 Å². The van der Waals surface area contributed by atoms with Crippen LogP contribution >= 0.6 is 11.6 Å². The van der Waals surface area contributed by atoms with Crippen LogP contribution in [0, 0.1) is 0 Å². The summed E-state index contributed by atoms with van der Waals surface area (Å²) in [6.07, 6.45) is 0.384. The first kappa shape index (κ1) is 11.1. The molecule has 4 N–H and O–H groups in total. The van der Waals surface area contributed by atoms with Crippen molar-refractivity contribution in [2.45, 2.75) is 19.4 Å². The van der Waals surface area contributed by atoms with E-state index in [1.807, 2.05) is 0 Å². The maximum Gasteiger partial charge on any atom is 0.0588 e. The summed E-state index contributed by atoms with van der Waals surface area (Å²) in [5.74, 6) is 0. The van der Waals surface area contributed by atoms with Gasteiger partial charge in [0.2, 0.25) is 0 Å². The number of nitrogen functional groups attached to an aromatic ring is 1. The SMILES string of the molecule is CC(O)CCNc1cc(Cl)ccc1N. The molecule has 0 fully saturated rings. The highest BCUT2D eigenvalue weighted by Crippen LogP contribution is 2.22. The smallest absolute Gasteiger partial charge is 0.0588 e. The number of halogens is 1. The van der Waals surface area contributed by atoms with Crippen LogP contribution in [-0.4, -0.2) is 17.8 Å². The molecular weight excluding hydrogens is 200 g/mol. The molecule has 1 rings (SSSR count). The summed E-state index contributed by atoms with van der Waals surface area (Å²) < 4.78 is 0. The Kier molecular flexibility index (Phi) is 4.04. The van der Waals surface area contributed by atoms with Crippen molar-refractivity contribution in [1.29, 1.82) is 0 Å². The Morgan fingerprint density at radius 3 is 2.93 bits per heavy atom. The van der Waals surface area contributed by atoms with Gasteiger partial charge in [-0.2, -0.15) is 0 Å². The Morgan fingerprint density at radius 1 is 1.57 bits per heavy atom. The van der Waals surface area contributed by atoms with Crippen molar-refractivity contribution in [1.82, 2.24) is 0 Å². The second-order valence-electron chi connectivity index (χ2n) is 3.30. The van der Waals surface area contributed by atoms with Crippen molar-refractivity contribution in [2.75, 3.05) is 17.6 Å². The van der Waals surface area contributed by atoms with Gasteiger partial charge in [-0.05, 0) is 31.5 Å². The molecule has 0 heterocycles.